The Kier molecular flexibility index (Phi) is 5.09. The van der Waals surface area contributed by atoms with Gasteiger partial charge in [-0.15, -0.1) is 0 Å². The maximum atomic E-state index is 13.0. The van der Waals surface area contributed by atoms with E-state index >= 15 is 0 Å². The van der Waals surface area contributed by atoms with Crippen molar-refractivity contribution in [1.29, 1.82) is 0 Å². The van der Waals surface area contributed by atoms with Crippen LogP contribution in [-0.2, 0) is 11.2 Å². The van der Waals surface area contributed by atoms with Crippen LogP contribution >= 0.6 is 15.9 Å². The Morgan fingerprint density at radius 2 is 2.12 bits per heavy atom. The normalized spacial score (nSPS) is 10.8. The van der Waals surface area contributed by atoms with E-state index in [1.54, 1.807) is 6.07 Å². The van der Waals surface area contributed by atoms with Crippen molar-refractivity contribution in [1.82, 2.24) is 5.32 Å². The van der Waals surface area contributed by atoms with E-state index in [-0.39, 0.29) is 24.1 Å². The lowest BCUT2D eigenvalue weighted by Gasteiger charge is -2.07. The van der Waals surface area contributed by atoms with Gasteiger partial charge in [-0.1, -0.05) is 29.8 Å². The molecule has 0 spiro atoms. The first-order valence-corrected chi connectivity index (χ1v) is 5.96. The topological polar surface area (TPSA) is 29.1 Å². The van der Waals surface area contributed by atoms with Gasteiger partial charge in [0, 0.05) is 16.9 Å². The zero-order valence-electron chi connectivity index (χ0n) is 9.39. The lowest BCUT2D eigenvalue weighted by atomic mass is 10.1. The molecule has 2 nitrogen and oxygen atoms in total. The third-order valence-corrected chi connectivity index (χ3v) is 2.49. The summed E-state index contributed by atoms with van der Waals surface area (Å²) in [5.74, 6) is -0.264. The van der Waals surface area contributed by atoms with E-state index in [9.17, 15) is 9.18 Å². The van der Waals surface area contributed by atoms with Gasteiger partial charge < -0.3 is 5.32 Å². The maximum Gasteiger partial charge on any atom is 0.150 e. The summed E-state index contributed by atoms with van der Waals surface area (Å²) in [5.41, 5.74) is 0.697. The van der Waals surface area contributed by atoms with E-state index in [4.69, 9.17) is 0 Å². The fourth-order valence-corrected chi connectivity index (χ4v) is 1.83. The van der Waals surface area contributed by atoms with Crippen LogP contribution in [0.1, 0.15) is 19.4 Å². The molecule has 1 aromatic carbocycles. The number of hydrogen-bond donors (Lipinski definition) is 1. The van der Waals surface area contributed by atoms with Crippen molar-refractivity contribution in [3.8, 4) is 0 Å². The SMILES string of the molecule is CC(C)NCC(=O)Cc1cc(F)cc(Br)c1. The summed E-state index contributed by atoms with van der Waals surface area (Å²) >= 11 is 3.20. The molecule has 1 rings (SSSR count). The number of carbonyl (C=O) groups excluding carboxylic acids is 1. The van der Waals surface area contributed by atoms with Crippen LogP contribution in [0.5, 0.6) is 0 Å². The average molecular weight is 288 g/mol. The molecule has 0 unspecified atom stereocenters. The van der Waals surface area contributed by atoms with Crippen molar-refractivity contribution in [3.05, 3.63) is 34.1 Å². The van der Waals surface area contributed by atoms with E-state index in [2.05, 4.69) is 21.2 Å². The van der Waals surface area contributed by atoms with Crippen LogP contribution in [0.3, 0.4) is 0 Å². The molecule has 1 N–H and O–H groups in total. The predicted molar refractivity (Wildman–Crippen MR) is 65.9 cm³/mol. The molecule has 0 saturated heterocycles. The summed E-state index contributed by atoms with van der Waals surface area (Å²) < 4.78 is 13.7. The number of rotatable bonds is 5. The maximum absolute atomic E-state index is 13.0. The predicted octanol–water partition coefficient (Wildman–Crippen LogP) is 2.70. The Morgan fingerprint density at radius 1 is 1.44 bits per heavy atom. The lowest BCUT2D eigenvalue weighted by Crippen LogP contribution is -2.29. The number of nitrogens with one attached hydrogen (secondary N) is 1. The first-order valence-electron chi connectivity index (χ1n) is 5.17. The van der Waals surface area contributed by atoms with Crippen LogP contribution in [0, 0.1) is 5.82 Å². The van der Waals surface area contributed by atoms with Gasteiger partial charge in [-0.3, -0.25) is 4.79 Å². The van der Waals surface area contributed by atoms with Gasteiger partial charge in [-0.05, 0) is 23.8 Å². The van der Waals surface area contributed by atoms with Gasteiger partial charge in [0.05, 0.1) is 6.54 Å². The third-order valence-electron chi connectivity index (χ3n) is 2.03. The standard InChI is InChI=1S/C12H15BrFNO/c1-8(2)15-7-12(16)5-9-3-10(13)6-11(14)4-9/h3-4,6,8,15H,5,7H2,1-2H3. The Bertz CT molecular complexity index is 359. The summed E-state index contributed by atoms with van der Waals surface area (Å²) in [4.78, 5) is 11.5. The molecule has 0 aliphatic rings. The Balaban J connectivity index is 2.56. The van der Waals surface area contributed by atoms with Crippen molar-refractivity contribution in [2.24, 2.45) is 0 Å². The van der Waals surface area contributed by atoms with Crippen LogP contribution in [0.4, 0.5) is 4.39 Å². The van der Waals surface area contributed by atoms with Crippen molar-refractivity contribution < 1.29 is 9.18 Å². The molecular formula is C12H15BrFNO. The molecule has 0 bridgehead atoms. The average Bonchev–Trinajstić information content (AvgIpc) is 2.12. The third kappa shape index (κ3) is 4.86. The molecule has 0 aliphatic heterocycles. The number of benzene rings is 1. The van der Waals surface area contributed by atoms with Crippen LogP contribution < -0.4 is 5.32 Å². The zero-order valence-corrected chi connectivity index (χ0v) is 11.0. The number of ketones is 1. The second-order valence-corrected chi connectivity index (χ2v) is 4.94. The van der Waals surface area contributed by atoms with Crippen molar-refractivity contribution in [2.75, 3.05) is 6.54 Å². The summed E-state index contributed by atoms with van der Waals surface area (Å²) in [7, 11) is 0. The van der Waals surface area contributed by atoms with E-state index in [1.165, 1.54) is 12.1 Å². The number of hydrogen-bond acceptors (Lipinski definition) is 2. The first kappa shape index (κ1) is 13.3. The van der Waals surface area contributed by atoms with E-state index in [0.29, 0.717) is 16.6 Å². The van der Waals surface area contributed by atoms with Crippen LogP contribution in [0.25, 0.3) is 0 Å². The fraction of sp³-hybridized carbons (Fsp3) is 0.417. The lowest BCUT2D eigenvalue weighted by molar-refractivity contribution is -0.117. The summed E-state index contributed by atoms with van der Waals surface area (Å²) in [6, 6.07) is 4.80. The van der Waals surface area contributed by atoms with Crippen molar-refractivity contribution in [3.63, 3.8) is 0 Å². The van der Waals surface area contributed by atoms with Gasteiger partial charge >= 0.3 is 0 Å². The van der Waals surface area contributed by atoms with E-state index in [0.717, 1.165) is 0 Å². The largest absolute Gasteiger partial charge is 0.308 e. The molecule has 1 aromatic rings. The van der Waals surface area contributed by atoms with Crippen molar-refractivity contribution >= 4 is 21.7 Å². The highest BCUT2D eigenvalue weighted by Gasteiger charge is 2.06. The fourth-order valence-electron chi connectivity index (χ4n) is 1.32. The minimum atomic E-state index is -0.325. The van der Waals surface area contributed by atoms with E-state index < -0.39 is 0 Å². The molecular weight excluding hydrogens is 273 g/mol. The van der Waals surface area contributed by atoms with Crippen LogP contribution in [0.15, 0.2) is 22.7 Å². The second-order valence-electron chi connectivity index (χ2n) is 4.03. The number of carbonyl (C=O) groups is 1. The Labute approximate surface area is 103 Å². The summed E-state index contributed by atoms with van der Waals surface area (Å²) in [6.07, 6.45) is 0.260. The van der Waals surface area contributed by atoms with Crippen LogP contribution in [0.2, 0.25) is 0 Å². The molecule has 0 fully saturated rings. The van der Waals surface area contributed by atoms with Gasteiger partial charge in [-0.2, -0.15) is 0 Å². The highest BCUT2D eigenvalue weighted by molar-refractivity contribution is 9.10. The van der Waals surface area contributed by atoms with Gasteiger partial charge in [0.15, 0.2) is 5.78 Å². The van der Waals surface area contributed by atoms with Gasteiger partial charge in [0.25, 0.3) is 0 Å². The van der Waals surface area contributed by atoms with Crippen molar-refractivity contribution in [2.45, 2.75) is 26.3 Å². The van der Waals surface area contributed by atoms with Gasteiger partial charge in [0.2, 0.25) is 0 Å². The minimum absolute atomic E-state index is 0.0613. The monoisotopic (exact) mass is 287 g/mol. The molecule has 0 saturated carbocycles. The zero-order chi connectivity index (χ0) is 12.1. The molecule has 16 heavy (non-hydrogen) atoms. The number of Topliss-reactive ketones (excluding diaryl/α,β-unsaturated/α-hetero) is 1. The first-order chi connectivity index (χ1) is 7.47. The highest BCUT2D eigenvalue weighted by Crippen LogP contribution is 2.15. The van der Waals surface area contributed by atoms with E-state index in [1.807, 2.05) is 13.8 Å². The molecule has 0 heterocycles. The number of halogens is 2. The van der Waals surface area contributed by atoms with Gasteiger partial charge in [0.1, 0.15) is 5.82 Å². The van der Waals surface area contributed by atoms with Gasteiger partial charge in [-0.25, -0.2) is 4.39 Å². The summed E-state index contributed by atoms with van der Waals surface area (Å²) in [6.45, 7) is 4.28. The second kappa shape index (κ2) is 6.11. The molecule has 88 valence electrons. The Morgan fingerprint density at radius 3 is 2.69 bits per heavy atom. The molecule has 0 amide bonds. The smallest absolute Gasteiger partial charge is 0.150 e. The molecule has 4 heteroatoms. The Hall–Kier alpha value is -0.740. The quantitative estimate of drug-likeness (QED) is 0.902. The molecule has 0 aliphatic carbocycles. The molecule has 0 radical (unpaired) electrons. The minimum Gasteiger partial charge on any atom is -0.308 e. The molecule has 0 aromatic heterocycles. The highest BCUT2D eigenvalue weighted by atomic mass is 79.9. The summed E-state index contributed by atoms with van der Waals surface area (Å²) in [5, 5.41) is 3.04. The van der Waals surface area contributed by atoms with Crippen LogP contribution in [-0.4, -0.2) is 18.4 Å². The molecule has 0 atom stereocenters.